The van der Waals surface area contributed by atoms with E-state index >= 15 is 0 Å². The van der Waals surface area contributed by atoms with E-state index < -0.39 is 24.1 Å². The van der Waals surface area contributed by atoms with Crippen LogP contribution in [0.1, 0.15) is 0 Å². The Morgan fingerprint density at radius 1 is 1.55 bits per heavy atom. The summed E-state index contributed by atoms with van der Waals surface area (Å²) in [5.74, 6) is -2.51. The highest BCUT2D eigenvalue weighted by Crippen LogP contribution is 1.92. The van der Waals surface area contributed by atoms with Crippen molar-refractivity contribution in [2.24, 2.45) is 5.73 Å². The number of rotatable bonds is 3. The third kappa shape index (κ3) is 2.52. The summed E-state index contributed by atoms with van der Waals surface area (Å²) in [7, 11) is 1.05. The molecule has 0 aliphatic carbocycles. The standard InChI is InChI=1S/C5H9NO5/c1-11-5(10)2(6)3(7)4(8)9/h2-3,7H,6H2,1H3,(H,8,9)/t2-,3-/m1/s1. The van der Waals surface area contributed by atoms with Gasteiger partial charge >= 0.3 is 11.9 Å². The van der Waals surface area contributed by atoms with Gasteiger partial charge in [-0.1, -0.05) is 0 Å². The monoisotopic (exact) mass is 163 g/mol. The summed E-state index contributed by atoms with van der Waals surface area (Å²) < 4.78 is 4.10. The van der Waals surface area contributed by atoms with Crippen molar-refractivity contribution in [1.29, 1.82) is 0 Å². The fourth-order valence-electron chi connectivity index (χ4n) is 0.419. The SMILES string of the molecule is COC(=O)[C@H](N)[C@@H](O)C(=O)O. The second kappa shape index (κ2) is 3.89. The van der Waals surface area contributed by atoms with Crippen LogP contribution < -0.4 is 5.73 Å². The summed E-state index contributed by atoms with van der Waals surface area (Å²) in [5, 5.41) is 16.8. The highest BCUT2D eigenvalue weighted by atomic mass is 16.5. The molecule has 2 atom stereocenters. The summed E-state index contributed by atoms with van der Waals surface area (Å²) in [5.41, 5.74) is 4.97. The average molecular weight is 163 g/mol. The molecule has 64 valence electrons. The van der Waals surface area contributed by atoms with Gasteiger partial charge in [0, 0.05) is 0 Å². The molecule has 0 aliphatic rings. The number of esters is 1. The Bertz CT molecular complexity index is 168. The Balaban J connectivity index is 4.12. The van der Waals surface area contributed by atoms with Gasteiger partial charge in [-0.05, 0) is 0 Å². The van der Waals surface area contributed by atoms with Crippen LogP contribution in [0.2, 0.25) is 0 Å². The first-order chi connectivity index (χ1) is 5.00. The van der Waals surface area contributed by atoms with Gasteiger partial charge < -0.3 is 20.7 Å². The number of aliphatic carboxylic acids is 1. The Hall–Kier alpha value is -1.14. The summed E-state index contributed by atoms with van der Waals surface area (Å²) in [4.78, 5) is 20.5. The molecule has 0 aromatic carbocycles. The topological polar surface area (TPSA) is 110 Å². The number of carboxylic acid groups (broad SMARTS) is 1. The highest BCUT2D eigenvalue weighted by molar-refractivity contribution is 5.84. The molecule has 0 amide bonds. The quantitative estimate of drug-likeness (QED) is 0.412. The van der Waals surface area contributed by atoms with E-state index in [0.29, 0.717) is 0 Å². The molecule has 0 unspecified atom stereocenters. The fourth-order valence-corrected chi connectivity index (χ4v) is 0.419. The number of ether oxygens (including phenoxy) is 1. The zero-order valence-corrected chi connectivity index (χ0v) is 5.85. The number of nitrogens with two attached hydrogens (primary N) is 1. The third-order valence-electron chi connectivity index (χ3n) is 1.07. The van der Waals surface area contributed by atoms with Crippen molar-refractivity contribution in [3.8, 4) is 0 Å². The van der Waals surface area contributed by atoms with E-state index in [-0.39, 0.29) is 0 Å². The van der Waals surface area contributed by atoms with Crippen molar-refractivity contribution < 1.29 is 24.5 Å². The minimum Gasteiger partial charge on any atom is -0.479 e. The lowest BCUT2D eigenvalue weighted by atomic mass is 10.2. The third-order valence-corrected chi connectivity index (χ3v) is 1.07. The van der Waals surface area contributed by atoms with Crippen LogP contribution in [0.5, 0.6) is 0 Å². The first kappa shape index (κ1) is 9.86. The van der Waals surface area contributed by atoms with Crippen LogP contribution in [-0.4, -0.2) is 41.4 Å². The van der Waals surface area contributed by atoms with Gasteiger partial charge in [0.15, 0.2) is 6.10 Å². The normalized spacial score (nSPS) is 15.2. The number of carbonyl (C=O) groups is 2. The van der Waals surface area contributed by atoms with Crippen LogP contribution in [0.4, 0.5) is 0 Å². The maximum atomic E-state index is 10.5. The number of hydrogen-bond donors (Lipinski definition) is 3. The lowest BCUT2D eigenvalue weighted by Gasteiger charge is -2.11. The van der Waals surface area contributed by atoms with Crippen LogP contribution >= 0.6 is 0 Å². The smallest absolute Gasteiger partial charge is 0.334 e. The fraction of sp³-hybridized carbons (Fsp3) is 0.600. The largest absolute Gasteiger partial charge is 0.479 e. The predicted octanol–water partition coefficient (Wildman–Crippen LogP) is -2.07. The zero-order chi connectivity index (χ0) is 9.02. The number of hydrogen-bond acceptors (Lipinski definition) is 5. The predicted molar refractivity (Wildman–Crippen MR) is 33.6 cm³/mol. The van der Waals surface area contributed by atoms with Crippen LogP contribution in [0.15, 0.2) is 0 Å². The molecule has 0 aliphatic heterocycles. The summed E-state index contributed by atoms with van der Waals surface area (Å²) in [6, 6.07) is -1.53. The molecule has 0 fully saturated rings. The Morgan fingerprint density at radius 2 is 2.00 bits per heavy atom. The van der Waals surface area contributed by atoms with Crippen LogP contribution in [0.25, 0.3) is 0 Å². The number of methoxy groups -OCH3 is 1. The van der Waals surface area contributed by atoms with Crippen molar-refractivity contribution in [2.45, 2.75) is 12.1 Å². The summed E-state index contributed by atoms with van der Waals surface area (Å²) in [6.45, 7) is 0. The molecule has 0 radical (unpaired) electrons. The van der Waals surface area contributed by atoms with Gasteiger partial charge in [-0.25, -0.2) is 4.79 Å². The van der Waals surface area contributed by atoms with Gasteiger partial charge in [0.1, 0.15) is 6.04 Å². The molecule has 0 aromatic heterocycles. The molecule has 6 nitrogen and oxygen atoms in total. The Labute approximate surface area is 62.6 Å². The number of aliphatic hydroxyl groups excluding tert-OH is 1. The highest BCUT2D eigenvalue weighted by Gasteiger charge is 2.28. The molecule has 11 heavy (non-hydrogen) atoms. The van der Waals surface area contributed by atoms with Crippen molar-refractivity contribution in [3.63, 3.8) is 0 Å². The van der Waals surface area contributed by atoms with Gasteiger partial charge in [-0.2, -0.15) is 0 Å². The van der Waals surface area contributed by atoms with Gasteiger partial charge in [0.2, 0.25) is 0 Å². The van der Waals surface area contributed by atoms with Gasteiger partial charge in [-0.15, -0.1) is 0 Å². The van der Waals surface area contributed by atoms with E-state index in [1.807, 2.05) is 0 Å². The van der Waals surface area contributed by atoms with Crippen molar-refractivity contribution in [3.05, 3.63) is 0 Å². The van der Waals surface area contributed by atoms with E-state index in [2.05, 4.69) is 4.74 Å². The molecule has 0 saturated carbocycles. The molecule has 6 heteroatoms. The van der Waals surface area contributed by atoms with E-state index in [4.69, 9.17) is 15.9 Å². The molecular formula is C5H9NO5. The van der Waals surface area contributed by atoms with Gasteiger partial charge in [0.05, 0.1) is 7.11 Å². The molecule has 0 saturated heterocycles. The van der Waals surface area contributed by atoms with Crippen LogP contribution in [0, 0.1) is 0 Å². The minimum atomic E-state index is -1.91. The van der Waals surface area contributed by atoms with Crippen molar-refractivity contribution in [1.82, 2.24) is 0 Å². The molecular weight excluding hydrogens is 154 g/mol. The molecule has 4 N–H and O–H groups in total. The van der Waals surface area contributed by atoms with Gasteiger partial charge in [0.25, 0.3) is 0 Å². The van der Waals surface area contributed by atoms with E-state index in [1.165, 1.54) is 0 Å². The lowest BCUT2D eigenvalue weighted by molar-refractivity contribution is -0.156. The first-order valence-electron chi connectivity index (χ1n) is 2.75. The second-order valence-electron chi connectivity index (χ2n) is 1.83. The molecule has 0 bridgehead atoms. The van der Waals surface area contributed by atoms with Crippen molar-refractivity contribution in [2.75, 3.05) is 7.11 Å². The molecule has 0 heterocycles. The maximum absolute atomic E-state index is 10.5. The molecule has 0 spiro atoms. The Kier molecular flexibility index (Phi) is 3.49. The number of aliphatic hydroxyl groups is 1. The molecule has 0 rings (SSSR count). The zero-order valence-electron chi connectivity index (χ0n) is 5.85. The van der Waals surface area contributed by atoms with Crippen molar-refractivity contribution >= 4 is 11.9 Å². The van der Waals surface area contributed by atoms with E-state index in [1.54, 1.807) is 0 Å². The minimum absolute atomic E-state index is 0.958. The van der Waals surface area contributed by atoms with Crippen LogP contribution in [0.3, 0.4) is 0 Å². The summed E-state index contributed by atoms with van der Waals surface area (Å²) >= 11 is 0. The van der Waals surface area contributed by atoms with Crippen LogP contribution in [-0.2, 0) is 14.3 Å². The molecule has 0 aromatic rings. The van der Waals surface area contributed by atoms with Gasteiger partial charge in [-0.3, -0.25) is 4.79 Å². The summed E-state index contributed by atoms with van der Waals surface area (Å²) in [6.07, 6.45) is -1.91. The Morgan fingerprint density at radius 3 is 2.27 bits per heavy atom. The number of carboxylic acids is 1. The average Bonchev–Trinajstić information content (AvgIpc) is 2.00. The second-order valence-corrected chi connectivity index (χ2v) is 1.83. The maximum Gasteiger partial charge on any atom is 0.334 e. The lowest BCUT2D eigenvalue weighted by Crippen LogP contribution is -2.46. The first-order valence-corrected chi connectivity index (χ1v) is 2.75. The van der Waals surface area contributed by atoms with E-state index in [9.17, 15) is 9.59 Å². The number of carbonyl (C=O) groups excluding carboxylic acids is 1. The van der Waals surface area contributed by atoms with E-state index in [0.717, 1.165) is 7.11 Å².